The van der Waals surface area contributed by atoms with Crippen LogP contribution in [-0.2, 0) is 4.79 Å². The summed E-state index contributed by atoms with van der Waals surface area (Å²) in [4.78, 5) is 30.3. The third kappa shape index (κ3) is 4.56. The Morgan fingerprint density at radius 2 is 1.77 bits per heavy atom. The van der Waals surface area contributed by atoms with Gasteiger partial charge in [-0.3, -0.25) is 14.5 Å². The van der Waals surface area contributed by atoms with Gasteiger partial charge in [-0.05, 0) is 55.8 Å². The second kappa shape index (κ2) is 10.7. The number of furan rings is 1. The van der Waals surface area contributed by atoms with Crippen LogP contribution in [0.1, 0.15) is 36.0 Å². The van der Waals surface area contributed by atoms with E-state index in [9.17, 15) is 23.5 Å². The summed E-state index contributed by atoms with van der Waals surface area (Å²) in [5.74, 6) is -4.42. The molecular weight excluding hydrogens is 542 g/mol. The minimum Gasteiger partial charge on any atom is -0.503 e. The molecule has 40 heavy (non-hydrogen) atoms. The number of rotatable bonds is 8. The number of carbonyl (C=O) groups is 2. The molecule has 0 radical (unpaired) electrons. The van der Waals surface area contributed by atoms with Crippen LogP contribution in [0.2, 0.25) is 5.02 Å². The van der Waals surface area contributed by atoms with Gasteiger partial charge in [-0.1, -0.05) is 23.7 Å². The molecule has 1 aromatic heterocycles. The molecule has 206 valence electrons. The van der Waals surface area contributed by atoms with Crippen LogP contribution < -0.4 is 14.5 Å². The second-order valence-electron chi connectivity index (χ2n) is 9.17. The lowest BCUT2D eigenvalue weighted by atomic mass is 9.94. The van der Waals surface area contributed by atoms with E-state index in [-0.39, 0.29) is 22.6 Å². The highest BCUT2D eigenvalue weighted by Gasteiger charge is 2.46. The monoisotopic (exact) mass is 566 g/mol. The standard InChI is InChI=1S/C30H25ClF2N2O5/c1-4-34(5-2)20-9-6-16(7-10-20)26-25(28(37)30(38)35(26)22-11-8-19(32)15-21(22)33)27(36)23-13-17-12-18(31)14-24(39-3)29(17)40-23/h6-15,26,37H,4-5H2,1-3H3. The number of aliphatic hydroxyl groups excluding tert-OH is 1. The van der Waals surface area contributed by atoms with Gasteiger partial charge in [0.15, 0.2) is 22.9 Å². The Hall–Kier alpha value is -4.37. The number of ketones is 1. The highest BCUT2D eigenvalue weighted by molar-refractivity contribution is 6.31. The summed E-state index contributed by atoms with van der Waals surface area (Å²) >= 11 is 6.16. The van der Waals surface area contributed by atoms with Crippen molar-refractivity contribution in [2.45, 2.75) is 19.9 Å². The molecule has 1 amide bonds. The summed E-state index contributed by atoms with van der Waals surface area (Å²) in [6.45, 7) is 5.54. The smallest absolute Gasteiger partial charge is 0.294 e. The molecule has 7 nitrogen and oxygen atoms in total. The number of methoxy groups -OCH3 is 1. The summed E-state index contributed by atoms with van der Waals surface area (Å²) in [7, 11) is 1.42. The number of carbonyl (C=O) groups excluding carboxylic acids is 2. The fourth-order valence-electron chi connectivity index (χ4n) is 5.02. The minimum absolute atomic E-state index is 0.184. The van der Waals surface area contributed by atoms with E-state index in [4.69, 9.17) is 20.8 Å². The van der Waals surface area contributed by atoms with E-state index < -0.39 is 35.1 Å². The molecule has 1 aliphatic rings. The Morgan fingerprint density at radius 1 is 1.07 bits per heavy atom. The number of benzene rings is 3. The van der Waals surface area contributed by atoms with Crippen molar-refractivity contribution in [1.29, 1.82) is 0 Å². The largest absolute Gasteiger partial charge is 0.503 e. The maximum Gasteiger partial charge on any atom is 0.294 e. The third-order valence-electron chi connectivity index (χ3n) is 6.95. The average molecular weight is 567 g/mol. The molecular formula is C30H25ClF2N2O5. The molecule has 1 N–H and O–H groups in total. The van der Waals surface area contributed by atoms with Crippen LogP contribution in [0.5, 0.6) is 5.75 Å². The van der Waals surface area contributed by atoms with E-state index in [0.29, 0.717) is 27.8 Å². The molecule has 5 rings (SSSR count). The molecule has 0 saturated carbocycles. The molecule has 1 atom stereocenters. The van der Waals surface area contributed by atoms with Crippen molar-refractivity contribution in [2.75, 3.05) is 30.0 Å². The van der Waals surface area contributed by atoms with Crippen molar-refractivity contribution in [3.8, 4) is 5.75 Å². The van der Waals surface area contributed by atoms with E-state index in [2.05, 4.69) is 4.90 Å². The van der Waals surface area contributed by atoms with E-state index in [1.165, 1.54) is 19.2 Å². The number of amides is 1. The highest BCUT2D eigenvalue weighted by atomic mass is 35.5. The molecule has 3 aromatic carbocycles. The van der Waals surface area contributed by atoms with E-state index >= 15 is 0 Å². The van der Waals surface area contributed by atoms with Crippen LogP contribution in [0, 0.1) is 11.6 Å². The lowest BCUT2D eigenvalue weighted by Gasteiger charge is -2.28. The zero-order valence-corrected chi connectivity index (χ0v) is 22.6. The molecule has 0 bridgehead atoms. The van der Waals surface area contributed by atoms with Gasteiger partial charge in [0.2, 0.25) is 5.78 Å². The lowest BCUT2D eigenvalue weighted by molar-refractivity contribution is -0.117. The average Bonchev–Trinajstić information content (AvgIpc) is 3.48. The van der Waals surface area contributed by atoms with Crippen molar-refractivity contribution >= 4 is 45.6 Å². The number of fused-ring (bicyclic) bond motifs is 1. The highest BCUT2D eigenvalue weighted by Crippen LogP contribution is 2.44. The number of hydrogen-bond donors (Lipinski definition) is 1. The fourth-order valence-corrected chi connectivity index (χ4v) is 5.23. The van der Waals surface area contributed by atoms with Gasteiger partial charge in [0, 0.05) is 41.3 Å². The Balaban J connectivity index is 1.66. The Morgan fingerprint density at radius 3 is 2.40 bits per heavy atom. The Bertz CT molecular complexity index is 1660. The molecule has 1 aliphatic heterocycles. The lowest BCUT2D eigenvalue weighted by Crippen LogP contribution is -2.32. The van der Waals surface area contributed by atoms with Gasteiger partial charge in [-0.2, -0.15) is 0 Å². The fraction of sp³-hybridized carbons (Fsp3) is 0.200. The van der Waals surface area contributed by atoms with Crippen LogP contribution in [0.15, 0.2) is 76.4 Å². The van der Waals surface area contributed by atoms with Crippen molar-refractivity contribution in [3.05, 3.63) is 100.0 Å². The van der Waals surface area contributed by atoms with Gasteiger partial charge in [0.25, 0.3) is 5.91 Å². The number of Topliss-reactive ketones (excluding diaryl/α,β-unsaturated/α-hetero) is 1. The van der Waals surface area contributed by atoms with Crippen LogP contribution in [-0.4, -0.2) is 37.0 Å². The maximum atomic E-state index is 15.0. The van der Waals surface area contributed by atoms with Crippen LogP contribution in [0.4, 0.5) is 20.2 Å². The summed E-state index contributed by atoms with van der Waals surface area (Å²) < 4.78 is 39.9. The van der Waals surface area contributed by atoms with Crippen LogP contribution >= 0.6 is 11.6 Å². The summed E-state index contributed by atoms with van der Waals surface area (Å²) in [5.41, 5.74) is 0.975. The molecule has 10 heteroatoms. The SMILES string of the molecule is CCN(CC)c1ccc(C2C(C(=O)c3cc4cc(Cl)cc(OC)c4o3)=C(O)C(=O)N2c2ccc(F)cc2F)cc1. The molecule has 2 heterocycles. The number of anilines is 2. The summed E-state index contributed by atoms with van der Waals surface area (Å²) in [5, 5.41) is 11.8. The molecule has 0 aliphatic carbocycles. The van der Waals surface area contributed by atoms with Gasteiger partial charge in [0.1, 0.15) is 11.6 Å². The molecule has 4 aromatic rings. The first-order chi connectivity index (χ1) is 19.2. The first kappa shape index (κ1) is 27.2. The van der Waals surface area contributed by atoms with Crippen molar-refractivity contribution in [3.63, 3.8) is 0 Å². The van der Waals surface area contributed by atoms with Crippen LogP contribution in [0.25, 0.3) is 11.0 Å². The number of nitrogens with zero attached hydrogens (tertiary/aromatic N) is 2. The van der Waals surface area contributed by atoms with Gasteiger partial charge in [-0.25, -0.2) is 8.78 Å². The number of aliphatic hydroxyl groups is 1. The number of halogens is 3. The normalized spacial score (nSPS) is 15.3. The van der Waals surface area contributed by atoms with Crippen molar-refractivity contribution in [1.82, 2.24) is 0 Å². The maximum absolute atomic E-state index is 15.0. The number of ether oxygens (including phenoxy) is 1. The molecule has 0 spiro atoms. The molecule has 0 saturated heterocycles. The Kier molecular flexibility index (Phi) is 7.25. The van der Waals surface area contributed by atoms with E-state index in [1.54, 1.807) is 18.2 Å². The quantitative estimate of drug-likeness (QED) is 0.231. The van der Waals surface area contributed by atoms with Gasteiger partial charge >= 0.3 is 0 Å². The van der Waals surface area contributed by atoms with Gasteiger partial charge in [-0.15, -0.1) is 0 Å². The summed E-state index contributed by atoms with van der Waals surface area (Å²) in [6.07, 6.45) is 0. The second-order valence-corrected chi connectivity index (χ2v) is 9.60. The predicted octanol–water partition coefficient (Wildman–Crippen LogP) is 7.00. The third-order valence-corrected chi connectivity index (χ3v) is 7.17. The first-order valence-corrected chi connectivity index (χ1v) is 12.9. The first-order valence-electron chi connectivity index (χ1n) is 12.6. The van der Waals surface area contributed by atoms with Crippen molar-refractivity contribution < 1.29 is 32.6 Å². The zero-order chi connectivity index (χ0) is 28.7. The van der Waals surface area contributed by atoms with Gasteiger partial charge < -0.3 is 19.2 Å². The Labute approximate surface area is 233 Å². The molecule has 1 unspecified atom stereocenters. The number of hydrogen-bond acceptors (Lipinski definition) is 6. The van der Waals surface area contributed by atoms with Crippen molar-refractivity contribution in [2.24, 2.45) is 0 Å². The van der Waals surface area contributed by atoms with E-state index in [0.717, 1.165) is 35.8 Å². The predicted molar refractivity (Wildman–Crippen MR) is 148 cm³/mol. The van der Waals surface area contributed by atoms with E-state index in [1.807, 2.05) is 26.0 Å². The molecule has 0 fully saturated rings. The zero-order valence-electron chi connectivity index (χ0n) is 21.9. The summed E-state index contributed by atoms with van der Waals surface area (Å²) in [6, 6.07) is 13.1. The topological polar surface area (TPSA) is 83.2 Å². The van der Waals surface area contributed by atoms with Gasteiger partial charge in [0.05, 0.1) is 24.4 Å². The minimum atomic E-state index is -1.23. The van der Waals surface area contributed by atoms with Crippen LogP contribution in [0.3, 0.4) is 0 Å².